The van der Waals surface area contributed by atoms with Crippen molar-refractivity contribution in [3.8, 4) is 0 Å². The summed E-state index contributed by atoms with van der Waals surface area (Å²) in [5.74, 6) is -0.441. The zero-order chi connectivity index (χ0) is 17.2. The summed E-state index contributed by atoms with van der Waals surface area (Å²) in [5, 5.41) is 8.06. The van der Waals surface area contributed by atoms with Gasteiger partial charge >= 0.3 is 0 Å². The number of carbonyl (C=O) groups excluding carboxylic acids is 1. The zero-order valence-electron chi connectivity index (χ0n) is 12.4. The van der Waals surface area contributed by atoms with Crippen LogP contribution in [-0.4, -0.2) is 33.4 Å². The van der Waals surface area contributed by atoms with Crippen LogP contribution in [0.5, 0.6) is 0 Å². The monoisotopic (exact) mass is 354 g/mol. The van der Waals surface area contributed by atoms with Crippen LogP contribution in [-0.2, 0) is 10.0 Å². The first-order valence-corrected chi connectivity index (χ1v) is 8.38. The highest BCUT2D eigenvalue weighted by atomic mass is 35.5. The van der Waals surface area contributed by atoms with Crippen molar-refractivity contribution in [3.63, 3.8) is 0 Å². The number of hydrogen-bond acceptors (Lipinski definition) is 5. The largest absolute Gasteiger partial charge is 0.376 e. The molecule has 1 amide bonds. The number of nitrogens with two attached hydrogens (primary N) is 1. The van der Waals surface area contributed by atoms with E-state index < -0.39 is 15.9 Å². The summed E-state index contributed by atoms with van der Waals surface area (Å²) in [6.07, 6.45) is 1.33. The summed E-state index contributed by atoms with van der Waals surface area (Å²) >= 11 is 5.68. The number of benzene rings is 1. The highest BCUT2D eigenvalue weighted by Gasteiger charge is 2.15. The van der Waals surface area contributed by atoms with E-state index in [9.17, 15) is 13.2 Å². The average molecular weight is 355 g/mol. The molecule has 0 spiro atoms. The van der Waals surface area contributed by atoms with Gasteiger partial charge in [-0.2, -0.15) is 0 Å². The predicted molar refractivity (Wildman–Crippen MR) is 89.3 cm³/mol. The van der Waals surface area contributed by atoms with Crippen LogP contribution in [0.1, 0.15) is 10.4 Å². The second-order valence-corrected chi connectivity index (χ2v) is 6.89. The van der Waals surface area contributed by atoms with E-state index in [-0.39, 0.29) is 10.0 Å². The Morgan fingerprint density at radius 3 is 2.48 bits per heavy atom. The second-order valence-electron chi connectivity index (χ2n) is 4.94. The van der Waals surface area contributed by atoms with Crippen molar-refractivity contribution >= 4 is 38.9 Å². The van der Waals surface area contributed by atoms with Crippen LogP contribution in [0.4, 0.5) is 11.4 Å². The smallest absolute Gasteiger partial charge is 0.257 e. The molecule has 3 N–H and O–H groups in total. The Hall–Kier alpha value is -2.16. The molecule has 0 radical (unpaired) electrons. The number of amides is 1. The molecule has 1 heterocycles. The number of sulfonamides is 1. The Balaban J connectivity index is 2.40. The fourth-order valence-electron chi connectivity index (χ4n) is 1.89. The molecule has 2 rings (SSSR count). The maximum absolute atomic E-state index is 12.3. The van der Waals surface area contributed by atoms with Crippen LogP contribution in [0.25, 0.3) is 0 Å². The summed E-state index contributed by atoms with van der Waals surface area (Å²) in [7, 11) is -0.335. The number of hydrogen-bond donors (Lipinski definition) is 2. The molecular formula is C14H15ClN4O3S. The van der Waals surface area contributed by atoms with Crippen molar-refractivity contribution in [2.45, 2.75) is 4.90 Å². The van der Waals surface area contributed by atoms with E-state index in [1.165, 1.54) is 30.5 Å². The molecule has 0 fully saturated rings. The van der Waals surface area contributed by atoms with E-state index >= 15 is 0 Å². The van der Waals surface area contributed by atoms with Crippen LogP contribution in [0.2, 0.25) is 5.15 Å². The molecule has 0 saturated heterocycles. The Kier molecular flexibility index (Phi) is 4.88. The molecular weight excluding hydrogens is 340 g/mol. The number of nitrogens with zero attached hydrogens (tertiary/aromatic N) is 2. The molecule has 2 aromatic rings. The van der Waals surface area contributed by atoms with Gasteiger partial charge in [-0.3, -0.25) is 4.79 Å². The Labute approximate surface area is 139 Å². The Morgan fingerprint density at radius 1 is 1.26 bits per heavy atom. The average Bonchev–Trinajstić information content (AvgIpc) is 2.46. The van der Waals surface area contributed by atoms with Crippen LogP contribution in [0.3, 0.4) is 0 Å². The lowest BCUT2D eigenvalue weighted by Gasteiger charge is -2.18. The lowest BCUT2D eigenvalue weighted by Crippen LogP contribution is -2.18. The van der Waals surface area contributed by atoms with E-state index in [1.54, 1.807) is 25.1 Å². The van der Waals surface area contributed by atoms with Gasteiger partial charge in [0.05, 0.1) is 21.8 Å². The van der Waals surface area contributed by atoms with Crippen molar-refractivity contribution in [1.29, 1.82) is 0 Å². The Morgan fingerprint density at radius 2 is 1.96 bits per heavy atom. The van der Waals surface area contributed by atoms with Gasteiger partial charge in [-0.25, -0.2) is 18.5 Å². The third-order valence-corrected chi connectivity index (χ3v) is 4.15. The molecule has 7 nitrogen and oxygen atoms in total. The molecule has 0 aliphatic heterocycles. The van der Waals surface area contributed by atoms with Crippen molar-refractivity contribution in [3.05, 3.63) is 47.2 Å². The van der Waals surface area contributed by atoms with Crippen LogP contribution in [0.15, 0.2) is 41.4 Å². The zero-order valence-corrected chi connectivity index (χ0v) is 14.0. The molecule has 0 aliphatic rings. The van der Waals surface area contributed by atoms with Crippen LogP contribution in [0, 0.1) is 0 Å². The van der Waals surface area contributed by atoms with Crippen LogP contribution >= 0.6 is 11.6 Å². The number of anilines is 2. The van der Waals surface area contributed by atoms with Crippen molar-refractivity contribution < 1.29 is 13.2 Å². The predicted octanol–water partition coefficient (Wildman–Crippen LogP) is 1.70. The normalized spacial score (nSPS) is 11.1. The molecule has 0 aliphatic carbocycles. The number of halogens is 1. The summed E-state index contributed by atoms with van der Waals surface area (Å²) in [6, 6.07) is 7.26. The molecule has 0 unspecified atom stereocenters. The van der Waals surface area contributed by atoms with E-state index in [4.69, 9.17) is 16.7 Å². The number of nitrogens with one attached hydrogen (secondary N) is 1. The molecule has 0 atom stereocenters. The van der Waals surface area contributed by atoms with Gasteiger partial charge in [-0.05, 0) is 30.3 Å². The first-order valence-electron chi connectivity index (χ1n) is 6.45. The topological polar surface area (TPSA) is 105 Å². The van der Waals surface area contributed by atoms with Gasteiger partial charge in [0.15, 0.2) is 0 Å². The fraction of sp³-hybridized carbons (Fsp3) is 0.143. The fourth-order valence-corrected chi connectivity index (χ4v) is 2.54. The maximum atomic E-state index is 12.3. The molecule has 23 heavy (non-hydrogen) atoms. The van der Waals surface area contributed by atoms with Crippen molar-refractivity contribution in [2.24, 2.45) is 5.14 Å². The van der Waals surface area contributed by atoms with Gasteiger partial charge in [-0.15, -0.1) is 0 Å². The van der Waals surface area contributed by atoms with Crippen LogP contribution < -0.4 is 15.4 Å². The highest BCUT2D eigenvalue weighted by molar-refractivity contribution is 7.89. The van der Waals surface area contributed by atoms with Gasteiger partial charge in [0.1, 0.15) is 5.15 Å². The van der Waals surface area contributed by atoms with E-state index in [0.29, 0.717) is 16.9 Å². The number of carbonyl (C=O) groups is 1. The lowest BCUT2D eigenvalue weighted by molar-refractivity contribution is 0.102. The molecule has 0 saturated carbocycles. The summed E-state index contributed by atoms with van der Waals surface area (Å²) in [5.41, 5.74) is 1.24. The third-order valence-electron chi connectivity index (χ3n) is 3.02. The maximum Gasteiger partial charge on any atom is 0.257 e. The van der Waals surface area contributed by atoms with Crippen molar-refractivity contribution in [1.82, 2.24) is 4.98 Å². The van der Waals surface area contributed by atoms with Gasteiger partial charge < -0.3 is 10.2 Å². The van der Waals surface area contributed by atoms with Gasteiger partial charge in [0, 0.05) is 20.3 Å². The van der Waals surface area contributed by atoms with Crippen molar-refractivity contribution in [2.75, 3.05) is 24.3 Å². The van der Waals surface area contributed by atoms with Gasteiger partial charge in [0.2, 0.25) is 10.0 Å². The van der Waals surface area contributed by atoms with Gasteiger partial charge in [0.25, 0.3) is 5.91 Å². The number of rotatable bonds is 4. The molecule has 1 aromatic carbocycles. The first-order chi connectivity index (χ1) is 10.7. The van der Waals surface area contributed by atoms with E-state index in [0.717, 1.165) is 0 Å². The number of aromatic nitrogens is 1. The third kappa shape index (κ3) is 4.19. The standard InChI is InChI=1S/C14H15ClN4O3S/c1-19(2)12-5-4-10(23(16,21)22)7-11(12)18-14(20)9-3-6-13(15)17-8-9/h3-8H,1-2H3,(H,18,20)(H2,16,21,22). The van der Waals surface area contributed by atoms with E-state index in [2.05, 4.69) is 10.3 Å². The summed E-state index contributed by atoms with van der Waals surface area (Å²) in [6.45, 7) is 0. The molecule has 122 valence electrons. The SMILES string of the molecule is CN(C)c1ccc(S(N)(=O)=O)cc1NC(=O)c1ccc(Cl)nc1. The minimum atomic E-state index is -3.87. The minimum Gasteiger partial charge on any atom is -0.376 e. The second kappa shape index (κ2) is 6.53. The molecule has 1 aromatic heterocycles. The molecule has 0 bridgehead atoms. The lowest BCUT2D eigenvalue weighted by atomic mass is 10.2. The quantitative estimate of drug-likeness (QED) is 0.813. The number of primary sulfonamides is 1. The minimum absolute atomic E-state index is 0.0902. The number of pyridine rings is 1. The van der Waals surface area contributed by atoms with Gasteiger partial charge in [-0.1, -0.05) is 11.6 Å². The van der Waals surface area contributed by atoms with E-state index in [1.807, 2.05) is 0 Å². The first kappa shape index (κ1) is 17.2. The summed E-state index contributed by atoms with van der Waals surface area (Å²) in [4.78, 5) is 17.8. The Bertz CT molecular complexity index is 836. The highest BCUT2D eigenvalue weighted by Crippen LogP contribution is 2.27. The molecule has 9 heteroatoms. The summed E-state index contributed by atoms with van der Waals surface area (Å²) < 4.78 is 23.0.